The zero-order chi connectivity index (χ0) is 14.3. The van der Waals surface area contributed by atoms with Gasteiger partial charge in [-0.2, -0.15) is 0 Å². The summed E-state index contributed by atoms with van der Waals surface area (Å²) in [6, 6.07) is 7.91. The number of nitrogens with zero attached hydrogens (tertiary/aromatic N) is 1. The Kier molecular flexibility index (Phi) is 6.11. The van der Waals surface area contributed by atoms with Gasteiger partial charge < -0.3 is 10.6 Å². The highest BCUT2D eigenvalue weighted by Gasteiger charge is 2.10. The van der Waals surface area contributed by atoms with Gasteiger partial charge in [0.25, 0.3) is 0 Å². The van der Waals surface area contributed by atoms with Crippen LogP contribution in [0.25, 0.3) is 0 Å². The van der Waals surface area contributed by atoms with E-state index in [2.05, 4.69) is 25.7 Å². The topological polar surface area (TPSA) is 46.3 Å². The average Bonchev–Trinajstić information content (AvgIpc) is 2.36. The van der Waals surface area contributed by atoms with Crippen LogP contribution < -0.4 is 5.73 Å². The number of carbonyl (C=O) groups excluding carboxylic acids is 1. The summed E-state index contributed by atoms with van der Waals surface area (Å²) in [6.45, 7) is 5.07. The van der Waals surface area contributed by atoms with E-state index in [9.17, 15) is 4.79 Å². The van der Waals surface area contributed by atoms with Crippen LogP contribution in [0, 0.1) is 17.8 Å². The highest BCUT2D eigenvalue weighted by atomic mass is 16.2. The fourth-order valence-corrected chi connectivity index (χ4v) is 1.77. The normalized spacial score (nSPS) is 9.95. The van der Waals surface area contributed by atoms with Gasteiger partial charge >= 0.3 is 0 Å². The summed E-state index contributed by atoms with van der Waals surface area (Å²) >= 11 is 0. The van der Waals surface area contributed by atoms with Gasteiger partial charge in [0.05, 0.1) is 6.54 Å². The van der Waals surface area contributed by atoms with Crippen molar-refractivity contribution in [2.24, 2.45) is 11.7 Å². The fraction of sp³-hybridized carbons (Fsp3) is 0.438. The Balaban J connectivity index is 2.68. The molecule has 0 saturated carbocycles. The lowest BCUT2D eigenvalue weighted by Gasteiger charge is -2.18. The van der Waals surface area contributed by atoms with E-state index in [1.165, 1.54) is 0 Å². The van der Waals surface area contributed by atoms with Crippen molar-refractivity contribution in [3.63, 3.8) is 0 Å². The summed E-state index contributed by atoms with van der Waals surface area (Å²) in [7, 11) is 1.84. The van der Waals surface area contributed by atoms with Crippen molar-refractivity contribution in [1.29, 1.82) is 0 Å². The predicted octanol–water partition coefficient (Wildman–Crippen LogP) is 2.00. The monoisotopic (exact) mass is 258 g/mol. The molecule has 3 heteroatoms. The second-order valence-electron chi connectivity index (χ2n) is 5.05. The largest absolute Gasteiger partial charge is 0.341 e. The minimum absolute atomic E-state index is 0.174. The second kappa shape index (κ2) is 7.60. The summed E-state index contributed by atoms with van der Waals surface area (Å²) < 4.78 is 0. The van der Waals surface area contributed by atoms with Crippen LogP contribution in [0.15, 0.2) is 24.3 Å². The maximum Gasteiger partial charge on any atom is 0.222 e. The molecule has 0 fully saturated rings. The molecule has 0 bridgehead atoms. The smallest absolute Gasteiger partial charge is 0.222 e. The van der Waals surface area contributed by atoms with E-state index in [1.54, 1.807) is 4.90 Å². The van der Waals surface area contributed by atoms with E-state index in [-0.39, 0.29) is 5.91 Å². The molecule has 1 amide bonds. The van der Waals surface area contributed by atoms with Crippen molar-refractivity contribution >= 4 is 5.91 Å². The summed E-state index contributed by atoms with van der Waals surface area (Å²) in [5, 5.41) is 0. The summed E-state index contributed by atoms with van der Waals surface area (Å²) in [6.07, 6.45) is 0.586. The molecule has 102 valence electrons. The number of hydrogen-bond donors (Lipinski definition) is 1. The summed E-state index contributed by atoms with van der Waals surface area (Å²) in [4.78, 5) is 13.7. The number of nitrogens with two attached hydrogens (primary N) is 1. The average molecular weight is 258 g/mol. The Bertz CT molecular complexity index is 483. The second-order valence-corrected chi connectivity index (χ2v) is 5.05. The van der Waals surface area contributed by atoms with Crippen LogP contribution in [0.1, 0.15) is 31.4 Å². The van der Waals surface area contributed by atoms with Crippen molar-refractivity contribution in [1.82, 2.24) is 4.90 Å². The van der Waals surface area contributed by atoms with Crippen LogP contribution in [0.4, 0.5) is 0 Å². The molecule has 0 unspecified atom stereocenters. The molecule has 0 spiro atoms. The third-order valence-electron chi connectivity index (χ3n) is 2.69. The van der Waals surface area contributed by atoms with Gasteiger partial charge in [-0.1, -0.05) is 37.8 Å². The predicted molar refractivity (Wildman–Crippen MR) is 78.3 cm³/mol. The molecule has 19 heavy (non-hydrogen) atoms. The molecule has 0 radical (unpaired) electrons. The van der Waals surface area contributed by atoms with Crippen LogP contribution in [-0.4, -0.2) is 24.4 Å². The molecule has 1 aromatic rings. The highest BCUT2D eigenvalue weighted by molar-refractivity contribution is 5.76. The maximum atomic E-state index is 11.9. The van der Waals surface area contributed by atoms with E-state index < -0.39 is 0 Å². The molecule has 0 aromatic heterocycles. The van der Waals surface area contributed by atoms with Gasteiger partial charge in [0.15, 0.2) is 0 Å². The minimum Gasteiger partial charge on any atom is -0.341 e. The van der Waals surface area contributed by atoms with Gasteiger partial charge in [-0.25, -0.2) is 0 Å². The van der Waals surface area contributed by atoms with Crippen molar-refractivity contribution in [2.75, 3.05) is 13.6 Å². The summed E-state index contributed by atoms with van der Waals surface area (Å²) in [5.74, 6) is 6.39. The first kappa shape index (κ1) is 15.3. The molecular weight excluding hydrogens is 236 g/mol. The van der Waals surface area contributed by atoms with Crippen molar-refractivity contribution < 1.29 is 4.79 Å². The lowest BCUT2D eigenvalue weighted by atomic mass is 10.1. The molecule has 2 N–H and O–H groups in total. The first-order valence-electron chi connectivity index (χ1n) is 6.54. The number of rotatable bonds is 4. The van der Waals surface area contributed by atoms with Gasteiger partial charge in [0.2, 0.25) is 5.91 Å². The van der Waals surface area contributed by atoms with Gasteiger partial charge in [0.1, 0.15) is 0 Å². The highest BCUT2D eigenvalue weighted by Crippen LogP contribution is 2.09. The number of benzene rings is 1. The first-order valence-corrected chi connectivity index (χ1v) is 6.54. The Labute approximate surface area is 115 Å². The minimum atomic E-state index is 0.174. The lowest BCUT2D eigenvalue weighted by molar-refractivity contribution is -0.131. The lowest BCUT2D eigenvalue weighted by Crippen LogP contribution is -2.27. The third-order valence-corrected chi connectivity index (χ3v) is 2.69. The Morgan fingerprint density at radius 2 is 2.16 bits per heavy atom. The van der Waals surface area contributed by atoms with Crippen LogP contribution in [0.5, 0.6) is 0 Å². The maximum absolute atomic E-state index is 11.9. The Morgan fingerprint density at radius 1 is 1.42 bits per heavy atom. The zero-order valence-electron chi connectivity index (χ0n) is 11.9. The Hall–Kier alpha value is -1.79. The number of hydrogen-bond acceptors (Lipinski definition) is 2. The van der Waals surface area contributed by atoms with Gasteiger partial charge in [0, 0.05) is 25.6 Å². The fourth-order valence-electron chi connectivity index (χ4n) is 1.77. The van der Waals surface area contributed by atoms with E-state index >= 15 is 0 Å². The van der Waals surface area contributed by atoms with Crippen molar-refractivity contribution in [3.05, 3.63) is 35.4 Å². The van der Waals surface area contributed by atoms with Crippen molar-refractivity contribution in [2.45, 2.75) is 26.8 Å². The van der Waals surface area contributed by atoms with Crippen LogP contribution in [0.3, 0.4) is 0 Å². The molecule has 3 nitrogen and oxygen atoms in total. The molecule has 0 saturated heterocycles. The number of amides is 1. The Morgan fingerprint density at radius 3 is 2.79 bits per heavy atom. The molecule has 1 aromatic carbocycles. The third kappa shape index (κ3) is 5.58. The van der Waals surface area contributed by atoms with E-state index in [0.717, 1.165) is 11.1 Å². The number of carbonyl (C=O) groups is 1. The van der Waals surface area contributed by atoms with Crippen LogP contribution in [0.2, 0.25) is 0 Å². The molecule has 0 aliphatic carbocycles. The van der Waals surface area contributed by atoms with Gasteiger partial charge in [-0.15, -0.1) is 0 Å². The first-order chi connectivity index (χ1) is 9.02. The zero-order valence-corrected chi connectivity index (χ0v) is 11.9. The molecular formula is C16H22N2O. The molecule has 0 heterocycles. The van der Waals surface area contributed by atoms with E-state index in [4.69, 9.17) is 5.73 Å². The van der Waals surface area contributed by atoms with Crippen molar-refractivity contribution in [3.8, 4) is 11.8 Å². The summed E-state index contributed by atoms with van der Waals surface area (Å²) in [5.41, 5.74) is 7.38. The standard InChI is InChI=1S/C16H22N2O/c1-13(2)10-16(19)18(3)12-15-7-4-6-14(11-15)8-5-9-17/h4,6-7,11,13H,9-10,12,17H2,1-3H3. The van der Waals surface area contributed by atoms with Gasteiger partial charge in [-0.3, -0.25) is 4.79 Å². The quantitative estimate of drug-likeness (QED) is 0.840. The molecule has 0 aliphatic rings. The van der Waals surface area contributed by atoms with E-state index in [1.807, 2.05) is 31.3 Å². The van der Waals surface area contributed by atoms with Crippen LogP contribution in [-0.2, 0) is 11.3 Å². The van der Waals surface area contributed by atoms with Crippen LogP contribution >= 0.6 is 0 Å². The molecule has 0 atom stereocenters. The molecule has 0 aliphatic heterocycles. The SMILES string of the molecule is CC(C)CC(=O)N(C)Cc1cccc(C#CCN)c1. The van der Waals surface area contributed by atoms with Gasteiger partial charge in [-0.05, 0) is 23.6 Å². The molecule has 1 rings (SSSR count). The van der Waals surface area contributed by atoms with E-state index in [0.29, 0.717) is 25.4 Å².